The van der Waals surface area contributed by atoms with Crippen LogP contribution < -0.4 is 0 Å². The lowest BCUT2D eigenvalue weighted by Gasteiger charge is -2.14. The Hall–Kier alpha value is -1.69. The molecule has 1 aromatic carbocycles. The molecule has 6 heteroatoms. The van der Waals surface area contributed by atoms with E-state index in [4.69, 9.17) is 9.47 Å². The van der Waals surface area contributed by atoms with Crippen molar-refractivity contribution in [2.45, 2.75) is 24.0 Å². The van der Waals surface area contributed by atoms with Crippen molar-refractivity contribution in [1.29, 1.82) is 0 Å². The van der Waals surface area contributed by atoms with Gasteiger partial charge in [-0.15, -0.1) is 0 Å². The molecule has 1 aliphatic carbocycles. The number of hydrogen-bond donors (Lipinski definition) is 0. The molecule has 0 spiro atoms. The fourth-order valence-electron chi connectivity index (χ4n) is 2.98. The van der Waals surface area contributed by atoms with Gasteiger partial charge in [0.1, 0.15) is 0 Å². The van der Waals surface area contributed by atoms with Gasteiger partial charge in [0.15, 0.2) is 5.41 Å². The summed E-state index contributed by atoms with van der Waals surface area (Å²) < 4.78 is 22.3. The fourth-order valence-corrected chi connectivity index (χ4v) is 5.15. The first-order valence-electron chi connectivity index (χ1n) is 6.48. The predicted molar refractivity (Wildman–Crippen MR) is 76.9 cm³/mol. The molecule has 1 aromatic rings. The largest absolute Gasteiger partial charge is 0.468 e. The maximum atomic E-state index is 12.8. The number of ether oxygens (including phenoxy) is 2. The summed E-state index contributed by atoms with van der Waals surface area (Å²) in [7, 11) is 0.916. The van der Waals surface area contributed by atoms with Crippen molar-refractivity contribution >= 4 is 22.7 Å². The zero-order valence-corrected chi connectivity index (χ0v) is 13.2. The lowest BCUT2D eigenvalue weighted by Crippen LogP contribution is -2.34. The molecule has 1 aliphatic rings. The Balaban J connectivity index is 2.47. The third kappa shape index (κ3) is 2.00. The number of carbonyl (C=O) groups excluding carboxylic acids is 2. The minimum absolute atomic E-state index is 0.574. The molecule has 0 saturated heterocycles. The summed E-state index contributed by atoms with van der Waals surface area (Å²) in [5.41, 5.74) is -2.31. The molecule has 0 aliphatic heterocycles. The summed E-state index contributed by atoms with van der Waals surface area (Å²) in [6, 6.07) is 8.77. The van der Waals surface area contributed by atoms with E-state index >= 15 is 0 Å². The molecule has 1 fully saturated rings. The lowest BCUT2D eigenvalue weighted by molar-refractivity contribution is -0.163. The molecule has 0 unspecified atom stereocenters. The number of methoxy groups -OCH3 is 2. The average Bonchev–Trinajstić information content (AvgIpc) is 3.03. The molecular formula is C15H18O5S. The van der Waals surface area contributed by atoms with Gasteiger partial charge in [0.25, 0.3) is 0 Å². The molecule has 0 aromatic heterocycles. The van der Waals surface area contributed by atoms with Crippen LogP contribution in [0.15, 0.2) is 35.2 Å². The zero-order chi connectivity index (χ0) is 15.8. The number of carbonyl (C=O) groups is 2. The minimum Gasteiger partial charge on any atom is -0.468 e. The van der Waals surface area contributed by atoms with Crippen molar-refractivity contribution in [3.63, 3.8) is 0 Å². The van der Waals surface area contributed by atoms with Gasteiger partial charge in [-0.1, -0.05) is 32.0 Å². The van der Waals surface area contributed by atoms with Crippen LogP contribution in [0.2, 0.25) is 0 Å². The summed E-state index contributed by atoms with van der Waals surface area (Å²) in [6.07, 6.45) is 0. The summed E-state index contributed by atoms with van der Waals surface area (Å²) >= 11 is 0. The van der Waals surface area contributed by atoms with Gasteiger partial charge in [-0.2, -0.15) is 0 Å². The second-order valence-corrected chi connectivity index (χ2v) is 7.04. The van der Waals surface area contributed by atoms with Crippen LogP contribution in [0, 0.1) is 10.8 Å². The predicted octanol–water partition coefficient (Wildman–Crippen LogP) is 1.53. The highest BCUT2D eigenvalue weighted by Crippen LogP contribution is 2.67. The van der Waals surface area contributed by atoms with Gasteiger partial charge in [-0.3, -0.25) is 13.8 Å². The van der Waals surface area contributed by atoms with Crippen molar-refractivity contribution in [2.24, 2.45) is 10.8 Å². The first-order chi connectivity index (χ1) is 9.85. The lowest BCUT2D eigenvalue weighted by atomic mass is 9.96. The van der Waals surface area contributed by atoms with Gasteiger partial charge >= 0.3 is 11.9 Å². The van der Waals surface area contributed by atoms with Gasteiger partial charge in [0.2, 0.25) is 0 Å². The van der Waals surface area contributed by atoms with Crippen molar-refractivity contribution in [3.8, 4) is 0 Å². The summed E-state index contributed by atoms with van der Waals surface area (Å²) in [4.78, 5) is 25.0. The molecule has 2 rings (SSSR count). The number of rotatable bonds is 4. The van der Waals surface area contributed by atoms with Crippen molar-refractivity contribution in [2.75, 3.05) is 14.2 Å². The topological polar surface area (TPSA) is 69.7 Å². The zero-order valence-electron chi connectivity index (χ0n) is 12.4. The monoisotopic (exact) mass is 310 g/mol. The molecule has 21 heavy (non-hydrogen) atoms. The standard InChI is InChI=1S/C15H18O5S/c1-14(2)11(21(18)10-8-6-5-7-9-10)15(14,12(16)19-3)13(17)20-4/h5-9,11H,1-4H3/t11-,21+/m1/s1. The molecule has 2 atom stereocenters. The van der Waals surface area contributed by atoms with Gasteiger partial charge in [0.05, 0.1) is 30.3 Å². The van der Waals surface area contributed by atoms with Crippen molar-refractivity contribution < 1.29 is 23.3 Å². The van der Waals surface area contributed by atoms with E-state index in [1.807, 2.05) is 6.07 Å². The van der Waals surface area contributed by atoms with Crippen LogP contribution in [0.1, 0.15) is 13.8 Å². The Morgan fingerprint density at radius 3 is 1.95 bits per heavy atom. The number of hydrogen-bond acceptors (Lipinski definition) is 5. The first-order valence-corrected chi connectivity index (χ1v) is 7.69. The molecule has 0 N–H and O–H groups in total. The van der Waals surface area contributed by atoms with E-state index in [1.54, 1.807) is 38.1 Å². The summed E-state index contributed by atoms with van der Waals surface area (Å²) in [6.45, 7) is 3.46. The second kappa shape index (κ2) is 5.26. The van der Waals surface area contributed by atoms with E-state index in [1.165, 1.54) is 14.2 Å². The van der Waals surface area contributed by atoms with E-state index < -0.39 is 38.8 Å². The van der Waals surface area contributed by atoms with Gasteiger partial charge in [-0.05, 0) is 12.1 Å². The van der Waals surface area contributed by atoms with Gasteiger partial charge < -0.3 is 9.47 Å². The highest BCUT2D eigenvalue weighted by atomic mass is 32.2. The Morgan fingerprint density at radius 1 is 1.05 bits per heavy atom. The maximum absolute atomic E-state index is 12.8. The van der Waals surface area contributed by atoms with Crippen molar-refractivity contribution in [3.05, 3.63) is 30.3 Å². The molecule has 0 radical (unpaired) electrons. The third-order valence-corrected chi connectivity index (χ3v) is 6.29. The average molecular weight is 310 g/mol. The maximum Gasteiger partial charge on any atom is 0.325 e. The van der Waals surface area contributed by atoms with E-state index in [9.17, 15) is 13.8 Å². The molecule has 5 nitrogen and oxygen atoms in total. The van der Waals surface area contributed by atoms with Crippen LogP contribution in [0.25, 0.3) is 0 Å². The Morgan fingerprint density at radius 2 is 1.52 bits per heavy atom. The molecule has 1 saturated carbocycles. The van der Waals surface area contributed by atoms with E-state index in [-0.39, 0.29) is 0 Å². The SMILES string of the molecule is COC(=O)C1(C(=O)OC)[C@H]([S@@](=O)c2ccccc2)C1(C)C. The summed E-state index contributed by atoms with van der Waals surface area (Å²) in [5, 5.41) is -0.674. The van der Waals surface area contributed by atoms with Crippen LogP contribution in [0.3, 0.4) is 0 Å². The normalized spacial score (nSPS) is 23.0. The Bertz CT molecular complexity index is 577. The van der Waals surface area contributed by atoms with Crippen LogP contribution in [0.5, 0.6) is 0 Å². The minimum atomic E-state index is -1.52. The number of esters is 2. The third-order valence-electron chi connectivity index (χ3n) is 4.19. The first kappa shape index (κ1) is 15.7. The van der Waals surface area contributed by atoms with E-state index in [0.29, 0.717) is 4.90 Å². The Kier molecular flexibility index (Phi) is 3.93. The molecule has 0 heterocycles. The van der Waals surface area contributed by atoms with Gasteiger partial charge in [-0.25, -0.2) is 0 Å². The highest BCUT2D eigenvalue weighted by Gasteiger charge is 2.84. The number of benzene rings is 1. The smallest absolute Gasteiger partial charge is 0.325 e. The van der Waals surface area contributed by atoms with Crippen LogP contribution in [0.4, 0.5) is 0 Å². The van der Waals surface area contributed by atoms with E-state index in [0.717, 1.165) is 0 Å². The molecule has 114 valence electrons. The van der Waals surface area contributed by atoms with Gasteiger partial charge in [0, 0.05) is 10.3 Å². The second-order valence-electron chi connectivity index (χ2n) is 5.50. The fraction of sp³-hybridized carbons (Fsp3) is 0.467. The molecule has 0 bridgehead atoms. The van der Waals surface area contributed by atoms with Crippen LogP contribution in [-0.4, -0.2) is 35.6 Å². The van der Waals surface area contributed by atoms with Crippen LogP contribution in [-0.2, 0) is 29.9 Å². The van der Waals surface area contributed by atoms with Crippen LogP contribution >= 0.6 is 0 Å². The van der Waals surface area contributed by atoms with Crippen molar-refractivity contribution in [1.82, 2.24) is 0 Å². The highest BCUT2D eigenvalue weighted by molar-refractivity contribution is 7.86. The molecular weight excluding hydrogens is 292 g/mol. The molecule has 0 amide bonds. The van der Waals surface area contributed by atoms with E-state index in [2.05, 4.69) is 0 Å². The Labute approximate surface area is 126 Å². The summed E-state index contributed by atoms with van der Waals surface area (Å²) in [5.74, 6) is -1.40. The quantitative estimate of drug-likeness (QED) is 0.623.